The van der Waals surface area contributed by atoms with Crippen LogP contribution in [0, 0.1) is 5.82 Å². The lowest BCUT2D eigenvalue weighted by Crippen LogP contribution is -2.24. The molecule has 0 bridgehead atoms. The average Bonchev–Trinajstić information content (AvgIpc) is 2.47. The zero-order chi connectivity index (χ0) is 15.4. The van der Waals surface area contributed by atoms with Crippen molar-refractivity contribution in [2.24, 2.45) is 0 Å². The molecule has 21 heavy (non-hydrogen) atoms. The Kier molecular flexibility index (Phi) is 5.59. The second-order valence-corrected chi connectivity index (χ2v) is 5.71. The van der Waals surface area contributed by atoms with Crippen LogP contribution in [0.2, 0.25) is 10.0 Å². The standard InChI is InChI=1S/C16H16Cl2FNO/c1-10(11-2-5-13(19)6-3-11)20-9-16(21)14-8-12(17)4-7-15(14)18/h2-8,10,16,20-21H,9H2,1H3. The topological polar surface area (TPSA) is 32.3 Å². The molecule has 0 heterocycles. The van der Waals surface area contributed by atoms with E-state index in [1.54, 1.807) is 30.3 Å². The van der Waals surface area contributed by atoms with E-state index < -0.39 is 6.10 Å². The third-order valence-electron chi connectivity index (χ3n) is 3.30. The molecule has 2 unspecified atom stereocenters. The van der Waals surface area contributed by atoms with E-state index in [1.165, 1.54) is 12.1 Å². The lowest BCUT2D eigenvalue weighted by molar-refractivity contribution is 0.171. The summed E-state index contributed by atoms with van der Waals surface area (Å²) in [4.78, 5) is 0. The molecule has 0 saturated carbocycles. The second-order valence-electron chi connectivity index (χ2n) is 4.86. The molecule has 0 aliphatic rings. The molecule has 2 atom stereocenters. The Hall–Kier alpha value is -1.13. The molecule has 2 rings (SSSR count). The third kappa shape index (κ3) is 4.42. The van der Waals surface area contributed by atoms with Gasteiger partial charge in [0.1, 0.15) is 5.82 Å². The van der Waals surface area contributed by atoms with E-state index in [9.17, 15) is 9.50 Å². The van der Waals surface area contributed by atoms with Gasteiger partial charge in [-0.25, -0.2) is 4.39 Å². The van der Waals surface area contributed by atoms with Crippen LogP contribution in [0.25, 0.3) is 0 Å². The second kappa shape index (κ2) is 7.23. The molecule has 0 fully saturated rings. The Labute approximate surface area is 133 Å². The summed E-state index contributed by atoms with van der Waals surface area (Å²) in [5, 5.41) is 14.4. The fraction of sp³-hybridized carbons (Fsp3) is 0.250. The molecule has 0 amide bonds. The Morgan fingerprint density at radius 3 is 2.48 bits per heavy atom. The number of hydrogen-bond donors (Lipinski definition) is 2. The quantitative estimate of drug-likeness (QED) is 0.846. The highest BCUT2D eigenvalue weighted by Crippen LogP contribution is 2.26. The first kappa shape index (κ1) is 16.2. The van der Waals surface area contributed by atoms with Crippen molar-refractivity contribution < 1.29 is 9.50 Å². The number of hydrogen-bond acceptors (Lipinski definition) is 2. The zero-order valence-electron chi connectivity index (χ0n) is 11.5. The summed E-state index contributed by atoms with van der Waals surface area (Å²) in [6, 6.07) is 11.2. The molecule has 2 aromatic carbocycles. The van der Waals surface area contributed by atoms with Crippen molar-refractivity contribution in [1.29, 1.82) is 0 Å². The van der Waals surface area contributed by atoms with Gasteiger partial charge in [0.2, 0.25) is 0 Å². The van der Waals surface area contributed by atoms with E-state index in [1.807, 2.05) is 6.92 Å². The van der Waals surface area contributed by atoms with Crippen molar-refractivity contribution in [1.82, 2.24) is 5.32 Å². The largest absolute Gasteiger partial charge is 0.387 e. The van der Waals surface area contributed by atoms with Crippen LogP contribution in [0.4, 0.5) is 4.39 Å². The van der Waals surface area contributed by atoms with Gasteiger partial charge in [-0.1, -0.05) is 35.3 Å². The Balaban J connectivity index is 1.98. The van der Waals surface area contributed by atoms with E-state index in [0.717, 1.165) is 5.56 Å². The minimum Gasteiger partial charge on any atom is -0.387 e. The van der Waals surface area contributed by atoms with E-state index in [0.29, 0.717) is 22.2 Å². The molecule has 2 nitrogen and oxygen atoms in total. The normalized spacial score (nSPS) is 14.0. The van der Waals surface area contributed by atoms with Gasteiger partial charge in [0, 0.05) is 28.2 Å². The number of rotatable bonds is 5. The van der Waals surface area contributed by atoms with Crippen LogP contribution < -0.4 is 5.32 Å². The fourth-order valence-electron chi connectivity index (χ4n) is 2.04. The summed E-state index contributed by atoms with van der Waals surface area (Å²) in [5.41, 5.74) is 1.53. The van der Waals surface area contributed by atoms with Crippen LogP contribution in [0.5, 0.6) is 0 Å². The van der Waals surface area contributed by atoms with Crippen LogP contribution in [0.15, 0.2) is 42.5 Å². The first-order valence-corrected chi connectivity index (χ1v) is 7.35. The van der Waals surface area contributed by atoms with E-state index in [4.69, 9.17) is 23.2 Å². The van der Waals surface area contributed by atoms with Crippen LogP contribution in [-0.4, -0.2) is 11.7 Å². The van der Waals surface area contributed by atoms with Crippen LogP contribution in [0.1, 0.15) is 30.2 Å². The minimum absolute atomic E-state index is 0.0155. The first-order valence-electron chi connectivity index (χ1n) is 6.59. The highest BCUT2D eigenvalue weighted by Gasteiger charge is 2.14. The number of aliphatic hydroxyl groups is 1. The molecule has 0 radical (unpaired) electrons. The van der Waals surface area contributed by atoms with Gasteiger partial charge < -0.3 is 10.4 Å². The highest BCUT2D eigenvalue weighted by atomic mass is 35.5. The summed E-state index contributed by atoms with van der Waals surface area (Å²) in [6.45, 7) is 2.26. The zero-order valence-corrected chi connectivity index (χ0v) is 13.0. The average molecular weight is 328 g/mol. The van der Waals surface area contributed by atoms with Gasteiger partial charge in [-0.05, 0) is 42.8 Å². The molecular formula is C16H16Cl2FNO. The van der Waals surface area contributed by atoms with Crippen molar-refractivity contribution in [3.05, 3.63) is 69.5 Å². The summed E-state index contributed by atoms with van der Waals surface area (Å²) in [7, 11) is 0. The van der Waals surface area contributed by atoms with Crippen LogP contribution in [-0.2, 0) is 0 Å². The van der Waals surface area contributed by atoms with Crippen molar-refractivity contribution in [2.75, 3.05) is 6.54 Å². The Bertz CT molecular complexity index is 604. The SMILES string of the molecule is CC(NCC(O)c1cc(Cl)ccc1Cl)c1ccc(F)cc1. The third-order valence-corrected chi connectivity index (χ3v) is 3.88. The van der Waals surface area contributed by atoms with Crippen molar-refractivity contribution in [2.45, 2.75) is 19.1 Å². The smallest absolute Gasteiger partial charge is 0.123 e. The lowest BCUT2D eigenvalue weighted by atomic mass is 10.1. The minimum atomic E-state index is -0.765. The van der Waals surface area contributed by atoms with Crippen molar-refractivity contribution in [3.63, 3.8) is 0 Å². The molecule has 2 N–H and O–H groups in total. The van der Waals surface area contributed by atoms with Gasteiger partial charge in [0.15, 0.2) is 0 Å². The predicted octanol–water partition coefficient (Wildman–Crippen LogP) is 4.52. The fourth-order valence-corrected chi connectivity index (χ4v) is 2.46. The van der Waals surface area contributed by atoms with Gasteiger partial charge >= 0.3 is 0 Å². The summed E-state index contributed by atoms with van der Waals surface area (Å²) in [6.07, 6.45) is -0.765. The van der Waals surface area contributed by atoms with Crippen LogP contribution >= 0.6 is 23.2 Å². The molecular weight excluding hydrogens is 312 g/mol. The maximum atomic E-state index is 12.9. The number of halogens is 3. The molecule has 5 heteroatoms. The van der Waals surface area contributed by atoms with Crippen molar-refractivity contribution >= 4 is 23.2 Å². The predicted molar refractivity (Wildman–Crippen MR) is 84.2 cm³/mol. The molecule has 112 valence electrons. The molecule has 0 aliphatic carbocycles. The van der Waals surface area contributed by atoms with Crippen molar-refractivity contribution in [3.8, 4) is 0 Å². The summed E-state index contributed by atoms with van der Waals surface area (Å²) >= 11 is 12.0. The number of nitrogens with one attached hydrogen (secondary N) is 1. The first-order chi connectivity index (χ1) is 9.97. The molecule has 0 aromatic heterocycles. The molecule has 0 aliphatic heterocycles. The molecule has 2 aromatic rings. The molecule has 0 spiro atoms. The highest BCUT2D eigenvalue weighted by molar-refractivity contribution is 6.33. The van der Waals surface area contributed by atoms with Crippen LogP contribution in [0.3, 0.4) is 0 Å². The number of benzene rings is 2. The van der Waals surface area contributed by atoms with E-state index >= 15 is 0 Å². The van der Waals surface area contributed by atoms with Gasteiger partial charge in [-0.3, -0.25) is 0 Å². The molecule has 0 saturated heterocycles. The number of aliphatic hydroxyl groups excluding tert-OH is 1. The van der Waals surface area contributed by atoms with Gasteiger partial charge in [-0.2, -0.15) is 0 Å². The maximum absolute atomic E-state index is 12.9. The Morgan fingerprint density at radius 1 is 1.14 bits per heavy atom. The monoisotopic (exact) mass is 327 g/mol. The maximum Gasteiger partial charge on any atom is 0.123 e. The lowest BCUT2D eigenvalue weighted by Gasteiger charge is -2.18. The van der Waals surface area contributed by atoms with E-state index in [-0.39, 0.29) is 11.9 Å². The Morgan fingerprint density at radius 2 is 1.81 bits per heavy atom. The van der Waals surface area contributed by atoms with Gasteiger partial charge in [-0.15, -0.1) is 0 Å². The van der Waals surface area contributed by atoms with Gasteiger partial charge in [0.25, 0.3) is 0 Å². The summed E-state index contributed by atoms with van der Waals surface area (Å²) < 4.78 is 12.9. The van der Waals surface area contributed by atoms with E-state index in [2.05, 4.69) is 5.32 Å². The summed E-state index contributed by atoms with van der Waals surface area (Å²) in [5.74, 6) is -0.267. The van der Waals surface area contributed by atoms with Gasteiger partial charge in [0.05, 0.1) is 6.10 Å².